The number of hydrogen-bond donors (Lipinski definition) is 1. The Kier molecular flexibility index (Phi) is 6.98. The minimum absolute atomic E-state index is 0.104. The van der Waals surface area contributed by atoms with E-state index in [-0.39, 0.29) is 30.0 Å². The molecular weight excluding hydrogens is 560 g/mol. The molecule has 2 amide bonds. The molecular formula is C29H29BrN6O3. The third-order valence-corrected chi connectivity index (χ3v) is 7.97. The van der Waals surface area contributed by atoms with Crippen LogP contribution >= 0.6 is 15.9 Å². The summed E-state index contributed by atoms with van der Waals surface area (Å²) in [5.74, 6) is 0.0152. The fourth-order valence-electron chi connectivity index (χ4n) is 4.97. The van der Waals surface area contributed by atoms with Crippen molar-refractivity contribution < 1.29 is 9.59 Å². The third-order valence-electron chi connectivity index (χ3n) is 7.08. The number of amides is 2. The maximum absolute atomic E-state index is 14.1. The lowest BCUT2D eigenvalue weighted by atomic mass is 9.98. The average Bonchev–Trinajstić information content (AvgIpc) is 3.26. The summed E-state index contributed by atoms with van der Waals surface area (Å²) in [4.78, 5) is 46.4. The molecule has 1 atom stereocenters. The van der Waals surface area contributed by atoms with Gasteiger partial charge in [0.25, 0.3) is 17.4 Å². The second kappa shape index (κ2) is 10.3. The molecule has 9 nitrogen and oxygen atoms in total. The smallest absolute Gasteiger partial charge is 0.263 e. The molecule has 0 unspecified atom stereocenters. The first kappa shape index (κ1) is 26.6. The van der Waals surface area contributed by atoms with Crippen molar-refractivity contribution in [3.63, 3.8) is 0 Å². The Morgan fingerprint density at radius 3 is 2.33 bits per heavy atom. The number of nitrogens with zero attached hydrogens (tertiary/aromatic N) is 5. The molecule has 200 valence electrons. The first-order valence-electron chi connectivity index (χ1n) is 12.7. The van der Waals surface area contributed by atoms with Crippen LogP contribution < -0.4 is 10.9 Å². The zero-order valence-corrected chi connectivity index (χ0v) is 24.0. The average molecular weight is 589 g/mol. The highest BCUT2D eigenvalue weighted by Crippen LogP contribution is 2.26. The summed E-state index contributed by atoms with van der Waals surface area (Å²) in [5, 5.41) is 7.20. The number of nitrogens with one attached hydrogen (secondary N) is 1. The molecule has 5 rings (SSSR count). The first-order chi connectivity index (χ1) is 18.6. The van der Waals surface area contributed by atoms with E-state index in [0.29, 0.717) is 40.4 Å². The number of halogens is 1. The molecule has 2 aromatic carbocycles. The largest absolute Gasteiger partial charge is 0.355 e. The summed E-state index contributed by atoms with van der Waals surface area (Å²) in [5.41, 5.74) is 5.14. The van der Waals surface area contributed by atoms with Crippen LogP contribution in [0.3, 0.4) is 0 Å². The zero-order valence-electron chi connectivity index (χ0n) is 22.4. The van der Waals surface area contributed by atoms with Gasteiger partial charge in [-0.3, -0.25) is 14.4 Å². The highest BCUT2D eigenvalue weighted by atomic mass is 79.9. The van der Waals surface area contributed by atoms with Gasteiger partial charge in [0.2, 0.25) is 5.95 Å². The van der Waals surface area contributed by atoms with E-state index < -0.39 is 0 Å². The molecule has 10 heteroatoms. The molecule has 3 heterocycles. The van der Waals surface area contributed by atoms with Crippen LogP contribution in [-0.2, 0) is 13.0 Å². The van der Waals surface area contributed by atoms with Crippen molar-refractivity contribution in [3.05, 3.63) is 103 Å². The van der Waals surface area contributed by atoms with Crippen LogP contribution in [0.5, 0.6) is 0 Å². The van der Waals surface area contributed by atoms with Gasteiger partial charge in [-0.15, -0.1) is 0 Å². The fraction of sp³-hybridized carbons (Fsp3) is 0.276. The van der Waals surface area contributed by atoms with Crippen LogP contribution in [0.15, 0.2) is 57.8 Å². The van der Waals surface area contributed by atoms with E-state index in [1.165, 1.54) is 4.57 Å². The molecule has 0 radical (unpaired) electrons. The SMILES string of the molecule is CNC(=O)c1ccc(-n2c(-n3nc(C)cc3C)nc3c(c2=O)C[C@@H](C)N(C(=O)c2ccc(Br)c(C)c2)C3)cc1. The number of hydrogen-bond acceptors (Lipinski definition) is 5. The maximum atomic E-state index is 14.1. The van der Waals surface area contributed by atoms with Crippen molar-refractivity contribution >= 4 is 27.7 Å². The summed E-state index contributed by atoms with van der Waals surface area (Å²) in [6, 6.07) is 14.1. The van der Waals surface area contributed by atoms with Crippen molar-refractivity contribution in [2.75, 3.05) is 7.05 Å². The van der Waals surface area contributed by atoms with Gasteiger partial charge in [0.05, 0.1) is 23.6 Å². The van der Waals surface area contributed by atoms with Gasteiger partial charge in [0.1, 0.15) is 0 Å². The van der Waals surface area contributed by atoms with E-state index in [0.717, 1.165) is 21.4 Å². The van der Waals surface area contributed by atoms with Gasteiger partial charge in [-0.25, -0.2) is 14.2 Å². The molecule has 0 bridgehead atoms. The van der Waals surface area contributed by atoms with Gasteiger partial charge in [-0.1, -0.05) is 15.9 Å². The van der Waals surface area contributed by atoms with Gasteiger partial charge in [0.15, 0.2) is 0 Å². The van der Waals surface area contributed by atoms with Crippen molar-refractivity contribution in [3.8, 4) is 11.6 Å². The summed E-state index contributed by atoms with van der Waals surface area (Å²) in [6.07, 6.45) is 0.371. The Morgan fingerprint density at radius 1 is 1.03 bits per heavy atom. The normalized spacial score (nSPS) is 14.7. The summed E-state index contributed by atoms with van der Waals surface area (Å²) in [7, 11) is 1.57. The van der Waals surface area contributed by atoms with Crippen LogP contribution in [0.25, 0.3) is 11.6 Å². The fourth-order valence-corrected chi connectivity index (χ4v) is 5.22. The minimum Gasteiger partial charge on any atom is -0.355 e. The van der Waals surface area contributed by atoms with Crippen LogP contribution in [-0.4, -0.2) is 49.1 Å². The molecule has 1 aliphatic heterocycles. The van der Waals surface area contributed by atoms with E-state index in [4.69, 9.17) is 4.98 Å². The monoisotopic (exact) mass is 588 g/mol. The number of fused-ring (bicyclic) bond motifs is 1. The topological polar surface area (TPSA) is 102 Å². The molecule has 0 spiro atoms. The number of rotatable bonds is 4. The number of aryl methyl sites for hydroxylation is 3. The standard InChI is InChI=1S/C29H29BrN6O3/c1-16-12-21(8-11-24(16)30)27(38)34-15-25-23(14-18(34)3)28(39)35(22-9-6-20(7-10-22)26(37)31-5)29(32-25)36-19(4)13-17(2)33-36/h6-13,18H,14-15H2,1-5H3,(H,31,37)/t18-/m1/s1. The highest BCUT2D eigenvalue weighted by molar-refractivity contribution is 9.10. The Balaban J connectivity index is 1.64. The molecule has 0 aliphatic carbocycles. The predicted molar refractivity (Wildman–Crippen MR) is 152 cm³/mol. The molecule has 0 saturated carbocycles. The molecule has 1 aliphatic rings. The van der Waals surface area contributed by atoms with Crippen LogP contribution in [0, 0.1) is 20.8 Å². The number of aromatic nitrogens is 4. The molecule has 39 heavy (non-hydrogen) atoms. The summed E-state index contributed by atoms with van der Waals surface area (Å²) >= 11 is 3.49. The van der Waals surface area contributed by atoms with Crippen molar-refractivity contribution in [2.45, 2.75) is 46.7 Å². The molecule has 4 aromatic rings. The highest BCUT2D eigenvalue weighted by Gasteiger charge is 2.32. The van der Waals surface area contributed by atoms with Crippen LogP contribution in [0.1, 0.15) is 55.8 Å². The Morgan fingerprint density at radius 2 is 1.72 bits per heavy atom. The second-order valence-corrected chi connectivity index (χ2v) is 10.7. The van der Waals surface area contributed by atoms with Gasteiger partial charge in [-0.05, 0) is 88.2 Å². The van der Waals surface area contributed by atoms with Crippen molar-refractivity contribution in [1.82, 2.24) is 29.5 Å². The van der Waals surface area contributed by atoms with Crippen LogP contribution in [0.4, 0.5) is 0 Å². The van der Waals surface area contributed by atoms with Gasteiger partial charge in [0, 0.05) is 39.9 Å². The Hall–Kier alpha value is -4.05. The van der Waals surface area contributed by atoms with Gasteiger partial charge in [-0.2, -0.15) is 5.10 Å². The predicted octanol–water partition coefficient (Wildman–Crippen LogP) is 4.05. The van der Waals surface area contributed by atoms with Crippen molar-refractivity contribution in [2.24, 2.45) is 0 Å². The number of benzene rings is 2. The molecule has 1 N–H and O–H groups in total. The van der Waals surface area contributed by atoms with E-state index in [1.54, 1.807) is 47.0 Å². The Bertz CT molecular complexity index is 1670. The lowest BCUT2D eigenvalue weighted by molar-refractivity contribution is 0.0652. The van der Waals surface area contributed by atoms with E-state index >= 15 is 0 Å². The van der Waals surface area contributed by atoms with Gasteiger partial charge < -0.3 is 10.2 Å². The quantitative estimate of drug-likeness (QED) is 0.387. The van der Waals surface area contributed by atoms with Crippen LogP contribution in [0.2, 0.25) is 0 Å². The van der Waals surface area contributed by atoms with E-state index in [9.17, 15) is 14.4 Å². The summed E-state index contributed by atoms with van der Waals surface area (Å²) < 4.78 is 4.12. The molecule has 0 saturated heterocycles. The van der Waals surface area contributed by atoms with E-state index in [1.807, 2.05) is 45.9 Å². The summed E-state index contributed by atoms with van der Waals surface area (Å²) in [6.45, 7) is 7.89. The zero-order chi connectivity index (χ0) is 28.0. The Labute approximate surface area is 234 Å². The second-order valence-electron chi connectivity index (χ2n) is 9.89. The molecule has 0 fully saturated rings. The minimum atomic E-state index is -0.214. The van der Waals surface area contributed by atoms with Crippen molar-refractivity contribution in [1.29, 1.82) is 0 Å². The first-order valence-corrected chi connectivity index (χ1v) is 13.5. The third kappa shape index (κ3) is 4.80. The molecule has 2 aromatic heterocycles. The number of carbonyl (C=O) groups is 2. The lowest BCUT2D eigenvalue weighted by Crippen LogP contribution is -2.46. The lowest BCUT2D eigenvalue weighted by Gasteiger charge is -2.34. The number of carbonyl (C=O) groups excluding carboxylic acids is 2. The maximum Gasteiger partial charge on any atom is 0.263 e. The van der Waals surface area contributed by atoms with Gasteiger partial charge >= 0.3 is 0 Å². The van der Waals surface area contributed by atoms with E-state index in [2.05, 4.69) is 26.3 Å².